The molecule has 1 amide bonds. The van der Waals surface area contributed by atoms with E-state index in [9.17, 15) is 14.9 Å². The molecule has 0 radical (unpaired) electrons. The Balaban J connectivity index is 1.93. The minimum atomic E-state index is -0.495. The van der Waals surface area contributed by atoms with Crippen LogP contribution in [0.5, 0.6) is 0 Å². The number of halogens is 1. The molecule has 7 heteroatoms. The molecule has 3 rings (SSSR count). The van der Waals surface area contributed by atoms with E-state index in [4.69, 9.17) is 11.6 Å². The Morgan fingerprint density at radius 2 is 1.91 bits per heavy atom. The summed E-state index contributed by atoms with van der Waals surface area (Å²) in [5.41, 5.74) is 1.43. The molecule has 0 fully saturated rings. The molecule has 2 aromatic rings. The van der Waals surface area contributed by atoms with Crippen molar-refractivity contribution < 1.29 is 9.72 Å². The Morgan fingerprint density at radius 1 is 1.17 bits per heavy atom. The van der Waals surface area contributed by atoms with Crippen LogP contribution in [0, 0.1) is 10.1 Å². The van der Waals surface area contributed by atoms with Crippen LogP contribution in [-0.2, 0) is 4.79 Å². The number of amidine groups is 1. The summed E-state index contributed by atoms with van der Waals surface area (Å²) in [6.45, 7) is 0. The van der Waals surface area contributed by atoms with Gasteiger partial charge in [-0.3, -0.25) is 14.9 Å². The summed E-state index contributed by atoms with van der Waals surface area (Å²) in [4.78, 5) is 26.5. The van der Waals surface area contributed by atoms with E-state index >= 15 is 0 Å². The first-order chi connectivity index (χ1) is 11.0. The number of nitrogens with one attached hydrogen (secondary N) is 1. The van der Waals surface area contributed by atoms with Gasteiger partial charge in [0.15, 0.2) is 0 Å². The van der Waals surface area contributed by atoms with E-state index in [0.717, 1.165) is 5.56 Å². The first kappa shape index (κ1) is 14.9. The second-order valence-electron chi connectivity index (χ2n) is 4.80. The summed E-state index contributed by atoms with van der Waals surface area (Å²) >= 11 is 5.82. The zero-order chi connectivity index (χ0) is 16.4. The Bertz CT molecular complexity index is 857. The zero-order valence-corrected chi connectivity index (χ0v) is 12.4. The Hall–Kier alpha value is -2.99. The highest BCUT2D eigenvalue weighted by molar-refractivity contribution is 6.30. The first-order valence-corrected chi connectivity index (χ1v) is 7.03. The van der Waals surface area contributed by atoms with E-state index in [0.29, 0.717) is 16.4 Å². The fraction of sp³-hybridized carbons (Fsp3) is 0. The maximum absolute atomic E-state index is 12.0. The third-order valence-corrected chi connectivity index (χ3v) is 3.45. The van der Waals surface area contributed by atoms with Crippen LogP contribution < -0.4 is 5.32 Å². The molecule has 23 heavy (non-hydrogen) atoms. The summed E-state index contributed by atoms with van der Waals surface area (Å²) in [6.07, 6.45) is 1.62. The number of benzene rings is 2. The predicted octanol–water partition coefficient (Wildman–Crippen LogP) is 3.17. The number of nitro groups is 1. The van der Waals surface area contributed by atoms with E-state index in [2.05, 4.69) is 10.3 Å². The molecular formula is C16H10ClN3O3. The molecule has 0 atom stereocenters. The van der Waals surface area contributed by atoms with Crippen molar-refractivity contribution in [3.8, 4) is 0 Å². The number of rotatable bonds is 3. The summed E-state index contributed by atoms with van der Waals surface area (Å²) < 4.78 is 0. The molecule has 6 nitrogen and oxygen atoms in total. The van der Waals surface area contributed by atoms with Crippen molar-refractivity contribution in [3.63, 3.8) is 0 Å². The standard InChI is InChI=1S/C16H10ClN3O3/c17-12-6-4-10(5-7-12)8-14-16(21)19-15(18-14)11-2-1-3-13(9-11)20(22)23/h1-9H,(H,18,19,21)/b14-8-. The summed E-state index contributed by atoms with van der Waals surface area (Å²) in [5, 5.41) is 14.0. The molecule has 2 aromatic carbocycles. The minimum Gasteiger partial charge on any atom is -0.305 e. The highest BCUT2D eigenvalue weighted by atomic mass is 35.5. The van der Waals surface area contributed by atoms with Gasteiger partial charge in [-0.1, -0.05) is 35.9 Å². The highest BCUT2D eigenvalue weighted by Crippen LogP contribution is 2.19. The molecule has 1 aliphatic rings. The molecular weight excluding hydrogens is 318 g/mol. The lowest BCUT2D eigenvalue weighted by Crippen LogP contribution is -2.24. The zero-order valence-electron chi connectivity index (χ0n) is 11.7. The van der Waals surface area contributed by atoms with Gasteiger partial charge >= 0.3 is 0 Å². The predicted molar refractivity (Wildman–Crippen MR) is 87.2 cm³/mol. The molecule has 114 valence electrons. The van der Waals surface area contributed by atoms with Crippen LogP contribution >= 0.6 is 11.6 Å². The van der Waals surface area contributed by atoms with Gasteiger partial charge in [-0.15, -0.1) is 0 Å². The number of carbonyl (C=O) groups is 1. The smallest absolute Gasteiger partial charge is 0.275 e. The van der Waals surface area contributed by atoms with E-state index < -0.39 is 4.92 Å². The molecule has 0 saturated heterocycles. The number of nitro benzene ring substituents is 1. The van der Waals surface area contributed by atoms with Crippen molar-refractivity contribution in [2.75, 3.05) is 0 Å². The molecule has 0 saturated carbocycles. The van der Waals surface area contributed by atoms with E-state index in [1.54, 1.807) is 42.5 Å². The van der Waals surface area contributed by atoms with Crippen LogP contribution in [-0.4, -0.2) is 16.7 Å². The number of carbonyl (C=O) groups excluding carboxylic acids is 1. The van der Waals surface area contributed by atoms with Crippen LogP contribution in [0.25, 0.3) is 6.08 Å². The van der Waals surface area contributed by atoms with E-state index in [1.807, 2.05) is 0 Å². The van der Waals surface area contributed by atoms with Gasteiger partial charge in [-0.2, -0.15) is 0 Å². The average molecular weight is 328 g/mol. The third-order valence-electron chi connectivity index (χ3n) is 3.20. The van der Waals surface area contributed by atoms with Gasteiger partial charge in [-0.25, -0.2) is 4.99 Å². The number of hydrogen-bond acceptors (Lipinski definition) is 4. The van der Waals surface area contributed by atoms with E-state index in [-0.39, 0.29) is 17.3 Å². The van der Waals surface area contributed by atoms with Gasteiger partial charge < -0.3 is 5.32 Å². The second kappa shape index (κ2) is 6.02. The van der Waals surface area contributed by atoms with Gasteiger partial charge in [0.1, 0.15) is 11.5 Å². The maximum Gasteiger partial charge on any atom is 0.275 e. The number of non-ortho nitro benzene ring substituents is 1. The van der Waals surface area contributed by atoms with Crippen molar-refractivity contribution in [1.82, 2.24) is 5.32 Å². The van der Waals surface area contributed by atoms with Gasteiger partial charge in [0.05, 0.1) is 4.92 Å². The van der Waals surface area contributed by atoms with Crippen molar-refractivity contribution in [2.45, 2.75) is 0 Å². The molecule has 1 N–H and O–H groups in total. The number of nitrogens with zero attached hydrogens (tertiary/aromatic N) is 2. The molecule has 0 aliphatic carbocycles. The highest BCUT2D eigenvalue weighted by Gasteiger charge is 2.22. The van der Waals surface area contributed by atoms with Crippen molar-refractivity contribution >= 4 is 35.1 Å². The molecule has 0 unspecified atom stereocenters. The molecule has 1 aliphatic heterocycles. The Morgan fingerprint density at radius 3 is 2.61 bits per heavy atom. The number of hydrogen-bond donors (Lipinski definition) is 1. The third kappa shape index (κ3) is 3.27. The van der Waals surface area contributed by atoms with E-state index in [1.165, 1.54) is 12.1 Å². The van der Waals surface area contributed by atoms with Gasteiger partial charge in [0.2, 0.25) is 0 Å². The SMILES string of the molecule is O=C1NC(c2cccc([N+](=O)[O-])c2)=N/C1=C\c1ccc(Cl)cc1. The maximum atomic E-state index is 12.0. The average Bonchev–Trinajstić information content (AvgIpc) is 2.91. The fourth-order valence-corrected chi connectivity index (χ4v) is 2.21. The molecule has 1 heterocycles. The van der Waals surface area contributed by atoms with Gasteiger partial charge in [0.25, 0.3) is 11.6 Å². The number of aliphatic imine (C=N–C) groups is 1. The molecule has 0 bridgehead atoms. The van der Waals surface area contributed by atoms with Crippen LogP contribution in [0.4, 0.5) is 5.69 Å². The lowest BCUT2D eigenvalue weighted by molar-refractivity contribution is -0.384. The minimum absolute atomic E-state index is 0.0606. The fourth-order valence-electron chi connectivity index (χ4n) is 2.09. The van der Waals surface area contributed by atoms with Crippen LogP contribution in [0.15, 0.2) is 59.2 Å². The normalized spacial score (nSPS) is 15.4. The molecule has 0 aromatic heterocycles. The van der Waals surface area contributed by atoms with Crippen LogP contribution in [0.3, 0.4) is 0 Å². The van der Waals surface area contributed by atoms with Crippen molar-refractivity contribution in [3.05, 3.63) is 80.5 Å². The van der Waals surface area contributed by atoms with Crippen LogP contribution in [0.2, 0.25) is 5.02 Å². The van der Waals surface area contributed by atoms with Crippen molar-refractivity contribution in [1.29, 1.82) is 0 Å². The topological polar surface area (TPSA) is 84.6 Å². The van der Waals surface area contributed by atoms with Gasteiger partial charge in [-0.05, 0) is 23.8 Å². The monoisotopic (exact) mass is 327 g/mol. The Kier molecular flexibility index (Phi) is 3.91. The summed E-state index contributed by atoms with van der Waals surface area (Å²) in [5.74, 6) is -0.0691. The summed E-state index contributed by atoms with van der Waals surface area (Å²) in [7, 11) is 0. The number of amides is 1. The van der Waals surface area contributed by atoms with Crippen LogP contribution in [0.1, 0.15) is 11.1 Å². The lowest BCUT2D eigenvalue weighted by Gasteiger charge is -1.99. The largest absolute Gasteiger partial charge is 0.305 e. The first-order valence-electron chi connectivity index (χ1n) is 6.65. The van der Waals surface area contributed by atoms with Crippen molar-refractivity contribution in [2.24, 2.45) is 4.99 Å². The molecule has 0 spiro atoms. The Labute approximate surface area is 136 Å². The lowest BCUT2D eigenvalue weighted by atomic mass is 10.2. The quantitative estimate of drug-likeness (QED) is 0.534. The van der Waals surface area contributed by atoms with Gasteiger partial charge in [0, 0.05) is 22.7 Å². The summed E-state index contributed by atoms with van der Waals surface area (Å²) in [6, 6.07) is 12.9. The second-order valence-corrected chi connectivity index (χ2v) is 5.24.